The highest BCUT2D eigenvalue weighted by Crippen LogP contribution is 2.32. The van der Waals surface area contributed by atoms with Gasteiger partial charge in [-0.15, -0.1) is 0 Å². The summed E-state index contributed by atoms with van der Waals surface area (Å²) in [6.07, 6.45) is 3.16. The monoisotopic (exact) mass is 242 g/mol. The molecule has 2 unspecified atom stereocenters. The van der Waals surface area contributed by atoms with Crippen LogP contribution < -0.4 is 10.6 Å². The predicted octanol–water partition coefficient (Wildman–Crippen LogP) is 1.58. The van der Waals surface area contributed by atoms with Gasteiger partial charge >= 0.3 is 12.0 Å². The van der Waals surface area contributed by atoms with Crippen LogP contribution in [0, 0.1) is 11.8 Å². The molecule has 0 aromatic rings. The number of hydrogen-bond acceptors (Lipinski definition) is 2. The Kier molecular flexibility index (Phi) is 5.25. The van der Waals surface area contributed by atoms with Crippen LogP contribution in [-0.2, 0) is 4.79 Å². The van der Waals surface area contributed by atoms with Gasteiger partial charge in [-0.3, -0.25) is 4.79 Å². The topological polar surface area (TPSA) is 78.4 Å². The Morgan fingerprint density at radius 3 is 2.53 bits per heavy atom. The molecule has 0 heterocycles. The zero-order valence-corrected chi connectivity index (χ0v) is 10.5. The van der Waals surface area contributed by atoms with Crippen molar-refractivity contribution in [2.75, 3.05) is 6.54 Å². The van der Waals surface area contributed by atoms with Crippen molar-refractivity contribution < 1.29 is 14.7 Å². The smallest absolute Gasteiger partial charge is 0.315 e. The fraction of sp³-hybridized carbons (Fsp3) is 0.833. The van der Waals surface area contributed by atoms with Crippen LogP contribution in [0.4, 0.5) is 4.79 Å². The number of carboxylic acid groups (broad SMARTS) is 1. The number of carbonyl (C=O) groups excluding carboxylic acids is 1. The third-order valence-corrected chi connectivity index (χ3v) is 3.15. The largest absolute Gasteiger partial charge is 0.481 e. The van der Waals surface area contributed by atoms with E-state index in [1.54, 1.807) is 0 Å². The summed E-state index contributed by atoms with van der Waals surface area (Å²) in [7, 11) is 0. The Balaban J connectivity index is 2.07. The average Bonchev–Trinajstić information content (AvgIpc) is 3.07. The molecule has 0 aliphatic heterocycles. The van der Waals surface area contributed by atoms with Crippen molar-refractivity contribution in [2.45, 2.75) is 45.6 Å². The molecule has 0 spiro atoms. The van der Waals surface area contributed by atoms with Crippen molar-refractivity contribution in [3.05, 3.63) is 0 Å². The molecule has 1 aliphatic carbocycles. The molecule has 98 valence electrons. The van der Waals surface area contributed by atoms with Gasteiger partial charge in [0.1, 0.15) is 0 Å². The van der Waals surface area contributed by atoms with Crippen molar-refractivity contribution >= 4 is 12.0 Å². The van der Waals surface area contributed by atoms with E-state index in [2.05, 4.69) is 10.6 Å². The van der Waals surface area contributed by atoms with E-state index in [1.165, 1.54) is 12.8 Å². The Morgan fingerprint density at radius 2 is 2.00 bits per heavy atom. The molecule has 3 N–H and O–H groups in total. The lowest BCUT2D eigenvalue weighted by Gasteiger charge is -2.16. The molecule has 0 aromatic heterocycles. The minimum absolute atomic E-state index is 0.147. The number of rotatable bonds is 7. The Hall–Kier alpha value is -1.26. The number of carbonyl (C=O) groups is 2. The second-order valence-electron chi connectivity index (χ2n) is 5.02. The van der Waals surface area contributed by atoms with Crippen molar-refractivity contribution in [2.24, 2.45) is 11.8 Å². The van der Waals surface area contributed by atoms with E-state index in [1.807, 2.05) is 13.8 Å². The first-order valence-corrected chi connectivity index (χ1v) is 6.25. The number of carboxylic acids is 1. The van der Waals surface area contributed by atoms with Gasteiger partial charge in [0.25, 0.3) is 0 Å². The van der Waals surface area contributed by atoms with Gasteiger partial charge in [-0.1, -0.05) is 6.92 Å². The minimum atomic E-state index is -0.788. The molecule has 1 aliphatic rings. The molecule has 0 aromatic carbocycles. The molecule has 1 saturated carbocycles. The lowest BCUT2D eigenvalue weighted by Crippen LogP contribution is -2.43. The Bertz CT molecular complexity index is 277. The number of aliphatic carboxylic acids is 1. The standard InChI is InChI=1S/C12H22N2O3/c1-8(3-6-11(15)16)7-13-12(17)14-9(2)10-4-5-10/h8-10H,3-7H2,1-2H3,(H,15,16)(H2,13,14,17). The second-order valence-corrected chi connectivity index (χ2v) is 5.02. The van der Waals surface area contributed by atoms with Crippen LogP contribution in [-0.4, -0.2) is 29.7 Å². The summed E-state index contributed by atoms with van der Waals surface area (Å²) in [6, 6.07) is 0.0934. The van der Waals surface area contributed by atoms with Gasteiger partial charge in [0.15, 0.2) is 0 Å². The molecule has 2 atom stereocenters. The Morgan fingerprint density at radius 1 is 1.35 bits per heavy atom. The molecule has 1 fully saturated rings. The quantitative estimate of drug-likeness (QED) is 0.634. The highest BCUT2D eigenvalue weighted by molar-refractivity contribution is 5.74. The minimum Gasteiger partial charge on any atom is -0.481 e. The number of nitrogens with one attached hydrogen (secondary N) is 2. The summed E-state index contributed by atoms with van der Waals surface area (Å²) in [4.78, 5) is 21.9. The number of urea groups is 1. The lowest BCUT2D eigenvalue weighted by atomic mass is 10.1. The van der Waals surface area contributed by atoms with Gasteiger partial charge in [0, 0.05) is 19.0 Å². The maximum Gasteiger partial charge on any atom is 0.315 e. The van der Waals surface area contributed by atoms with Gasteiger partial charge in [-0.25, -0.2) is 4.79 Å². The summed E-state index contributed by atoms with van der Waals surface area (Å²) < 4.78 is 0. The van der Waals surface area contributed by atoms with E-state index in [-0.39, 0.29) is 24.4 Å². The van der Waals surface area contributed by atoms with Crippen LogP contribution in [0.1, 0.15) is 39.5 Å². The van der Waals surface area contributed by atoms with Gasteiger partial charge in [0.05, 0.1) is 0 Å². The van der Waals surface area contributed by atoms with Crippen molar-refractivity contribution in [3.8, 4) is 0 Å². The van der Waals surface area contributed by atoms with Crippen LogP contribution >= 0.6 is 0 Å². The Labute approximate surface area is 102 Å². The van der Waals surface area contributed by atoms with Crippen LogP contribution in [0.15, 0.2) is 0 Å². The third kappa shape index (κ3) is 6.14. The van der Waals surface area contributed by atoms with Crippen molar-refractivity contribution in [1.29, 1.82) is 0 Å². The summed E-state index contributed by atoms with van der Waals surface area (Å²) >= 11 is 0. The van der Waals surface area contributed by atoms with Crippen LogP contribution in [0.25, 0.3) is 0 Å². The first kappa shape index (κ1) is 13.8. The fourth-order valence-corrected chi connectivity index (χ4v) is 1.71. The molecular weight excluding hydrogens is 220 g/mol. The zero-order valence-electron chi connectivity index (χ0n) is 10.5. The normalized spacial score (nSPS) is 18.2. The van der Waals surface area contributed by atoms with Gasteiger partial charge < -0.3 is 15.7 Å². The summed E-state index contributed by atoms with van der Waals surface area (Å²) in [6.45, 7) is 4.48. The molecule has 5 nitrogen and oxygen atoms in total. The lowest BCUT2D eigenvalue weighted by molar-refractivity contribution is -0.137. The van der Waals surface area contributed by atoms with E-state index >= 15 is 0 Å². The molecule has 1 rings (SSSR count). The molecule has 17 heavy (non-hydrogen) atoms. The van der Waals surface area contributed by atoms with Gasteiger partial charge in [-0.2, -0.15) is 0 Å². The second kappa shape index (κ2) is 6.47. The molecule has 0 bridgehead atoms. The zero-order chi connectivity index (χ0) is 12.8. The average molecular weight is 242 g/mol. The van der Waals surface area contributed by atoms with Crippen LogP contribution in [0.2, 0.25) is 0 Å². The predicted molar refractivity (Wildman–Crippen MR) is 64.8 cm³/mol. The highest BCUT2D eigenvalue weighted by Gasteiger charge is 2.28. The van der Waals surface area contributed by atoms with E-state index in [9.17, 15) is 9.59 Å². The first-order valence-electron chi connectivity index (χ1n) is 6.25. The van der Waals surface area contributed by atoms with Gasteiger partial charge in [0.2, 0.25) is 0 Å². The van der Waals surface area contributed by atoms with Crippen LogP contribution in [0.5, 0.6) is 0 Å². The van der Waals surface area contributed by atoms with E-state index in [0.717, 1.165) is 0 Å². The van der Waals surface area contributed by atoms with E-state index < -0.39 is 5.97 Å². The fourth-order valence-electron chi connectivity index (χ4n) is 1.71. The summed E-state index contributed by atoms with van der Waals surface area (Å²) in [5.74, 6) is 0.0434. The summed E-state index contributed by atoms with van der Waals surface area (Å²) in [5.41, 5.74) is 0. The molecule has 0 saturated heterocycles. The van der Waals surface area contributed by atoms with E-state index in [0.29, 0.717) is 18.9 Å². The maximum absolute atomic E-state index is 11.5. The van der Waals surface area contributed by atoms with Crippen molar-refractivity contribution in [1.82, 2.24) is 10.6 Å². The molecule has 5 heteroatoms. The van der Waals surface area contributed by atoms with Crippen molar-refractivity contribution in [3.63, 3.8) is 0 Å². The summed E-state index contributed by atoms with van der Waals surface area (Å²) in [5, 5.41) is 14.2. The number of hydrogen-bond donors (Lipinski definition) is 3. The van der Waals surface area contributed by atoms with E-state index in [4.69, 9.17) is 5.11 Å². The molecule has 0 radical (unpaired) electrons. The van der Waals surface area contributed by atoms with Gasteiger partial charge in [-0.05, 0) is 38.0 Å². The SMILES string of the molecule is CC(CCC(=O)O)CNC(=O)NC(C)C1CC1. The highest BCUT2D eigenvalue weighted by atomic mass is 16.4. The third-order valence-electron chi connectivity index (χ3n) is 3.15. The molecule has 2 amide bonds. The maximum atomic E-state index is 11.5. The number of amides is 2. The first-order chi connectivity index (χ1) is 7.99. The van der Waals surface area contributed by atoms with Crippen LogP contribution in [0.3, 0.4) is 0 Å². The molecular formula is C12H22N2O3.